The van der Waals surface area contributed by atoms with Crippen molar-refractivity contribution in [3.63, 3.8) is 0 Å². The van der Waals surface area contributed by atoms with Crippen LogP contribution in [0.25, 0.3) is 0 Å². The molecule has 2 aromatic rings. The summed E-state index contributed by atoms with van der Waals surface area (Å²) in [5.74, 6) is 0.226. The first kappa shape index (κ1) is 18.6. The average molecular weight is 348 g/mol. The number of rotatable bonds is 9. The van der Waals surface area contributed by atoms with Crippen LogP contribution in [0.15, 0.2) is 48.8 Å². The second kappa shape index (κ2) is 9.50. The molecule has 0 aliphatic heterocycles. The molecule has 1 atom stereocenters. The van der Waals surface area contributed by atoms with E-state index in [0.29, 0.717) is 18.0 Å². The predicted octanol–water partition coefficient (Wildman–Crippen LogP) is 3.38. The largest absolute Gasteiger partial charge is 0.356 e. The Bertz CT molecular complexity index is 608. The predicted molar refractivity (Wildman–Crippen MR) is 99.4 cm³/mol. The first-order valence-electron chi connectivity index (χ1n) is 8.32. The minimum absolute atomic E-state index is 0.0980. The Morgan fingerprint density at radius 2 is 1.88 bits per heavy atom. The van der Waals surface area contributed by atoms with E-state index in [0.717, 1.165) is 25.1 Å². The maximum absolute atomic E-state index is 12.3. The molecular weight excluding hydrogens is 322 g/mol. The molecule has 4 nitrogen and oxygen atoms in total. The number of benzene rings is 1. The van der Waals surface area contributed by atoms with Crippen molar-refractivity contribution < 1.29 is 4.79 Å². The summed E-state index contributed by atoms with van der Waals surface area (Å²) in [7, 11) is 4.07. The first-order chi connectivity index (χ1) is 11.5. The molecule has 0 aliphatic carbocycles. The number of carbonyl (C=O) groups excluding carboxylic acids is 1. The van der Waals surface area contributed by atoms with Crippen molar-refractivity contribution in [3.05, 3.63) is 59.4 Å². The zero-order valence-corrected chi connectivity index (χ0v) is 15.2. The summed E-state index contributed by atoms with van der Waals surface area (Å²) >= 11 is 5.99. The van der Waals surface area contributed by atoms with E-state index >= 15 is 0 Å². The molecule has 0 aliphatic rings. The van der Waals surface area contributed by atoms with Crippen LogP contribution in [0.4, 0.5) is 0 Å². The van der Waals surface area contributed by atoms with E-state index in [1.165, 1.54) is 0 Å². The molecule has 0 unspecified atom stereocenters. The minimum Gasteiger partial charge on any atom is -0.356 e. The number of nitrogens with one attached hydrogen (secondary N) is 1. The zero-order valence-electron chi connectivity index (χ0n) is 14.4. The van der Waals surface area contributed by atoms with E-state index in [4.69, 9.17) is 11.6 Å². The maximum atomic E-state index is 12.3. The van der Waals surface area contributed by atoms with Gasteiger partial charge < -0.3 is 14.8 Å². The lowest BCUT2D eigenvalue weighted by atomic mass is 9.95. The van der Waals surface area contributed by atoms with Gasteiger partial charge in [-0.2, -0.15) is 0 Å². The smallest absolute Gasteiger partial charge is 0.220 e. The van der Waals surface area contributed by atoms with Crippen LogP contribution in [0.1, 0.15) is 24.3 Å². The van der Waals surface area contributed by atoms with Crippen molar-refractivity contribution in [2.45, 2.75) is 25.3 Å². The van der Waals surface area contributed by atoms with Gasteiger partial charge in [0.05, 0.1) is 0 Å². The molecule has 130 valence electrons. The number of halogens is 1. The summed E-state index contributed by atoms with van der Waals surface area (Å²) in [6, 6.07) is 11.8. The van der Waals surface area contributed by atoms with Crippen molar-refractivity contribution >= 4 is 17.5 Å². The second-order valence-corrected chi connectivity index (χ2v) is 6.78. The average Bonchev–Trinajstić information content (AvgIpc) is 3.04. The highest BCUT2D eigenvalue weighted by atomic mass is 35.5. The number of aromatic nitrogens is 1. The van der Waals surface area contributed by atoms with E-state index in [1.807, 2.05) is 62.9 Å². The van der Waals surface area contributed by atoms with Crippen LogP contribution < -0.4 is 5.32 Å². The van der Waals surface area contributed by atoms with Crippen molar-refractivity contribution in [3.8, 4) is 0 Å². The van der Waals surface area contributed by atoms with Gasteiger partial charge in [-0.05, 0) is 56.9 Å². The Labute approximate surface area is 149 Å². The van der Waals surface area contributed by atoms with E-state index in [-0.39, 0.29) is 11.8 Å². The van der Waals surface area contributed by atoms with Crippen LogP contribution in [-0.4, -0.2) is 42.6 Å². The summed E-state index contributed by atoms with van der Waals surface area (Å²) in [6.45, 7) is 2.47. The van der Waals surface area contributed by atoms with Gasteiger partial charge in [-0.25, -0.2) is 0 Å². The Morgan fingerprint density at radius 3 is 2.50 bits per heavy atom. The van der Waals surface area contributed by atoms with Gasteiger partial charge in [0.1, 0.15) is 0 Å². The van der Waals surface area contributed by atoms with Crippen LogP contribution in [0.2, 0.25) is 5.02 Å². The first-order valence-corrected chi connectivity index (χ1v) is 8.70. The Morgan fingerprint density at radius 1 is 1.21 bits per heavy atom. The van der Waals surface area contributed by atoms with Gasteiger partial charge >= 0.3 is 0 Å². The lowest BCUT2D eigenvalue weighted by molar-refractivity contribution is -0.121. The summed E-state index contributed by atoms with van der Waals surface area (Å²) in [4.78, 5) is 14.4. The summed E-state index contributed by atoms with van der Waals surface area (Å²) < 4.78 is 2.11. The van der Waals surface area contributed by atoms with Crippen LogP contribution in [-0.2, 0) is 11.3 Å². The Kier molecular flexibility index (Phi) is 7.35. The van der Waals surface area contributed by atoms with Gasteiger partial charge in [0.2, 0.25) is 5.91 Å². The summed E-state index contributed by atoms with van der Waals surface area (Å²) in [5.41, 5.74) is 1.14. The molecule has 1 heterocycles. The van der Waals surface area contributed by atoms with Crippen molar-refractivity contribution in [1.82, 2.24) is 14.8 Å². The molecule has 1 aromatic heterocycles. The number of nitrogens with zero attached hydrogens (tertiary/aromatic N) is 2. The molecule has 0 saturated carbocycles. The Balaban J connectivity index is 1.95. The lowest BCUT2D eigenvalue weighted by Gasteiger charge is -2.18. The fourth-order valence-corrected chi connectivity index (χ4v) is 2.81. The highest BCUT2D eigenvalue weighted by molar-refractivity contribution is 6.30. The molecule has 0 saturated heterocycles. The molecule has 1 aromatic carbocycles. The van der Waals surface area contributed by atoms with Crippen LogP contribution in [0.3, 0.4) is 0 Å². The van der Waals surface area contributed by atoms with Crippen molar-refractivity contribution in [1.29, 1.82) is 0 Å². The van der Waals surface area contributed by atoms with E-state index in [9.17, 15) is 4.79 Å². The van der Waals surface area contributed by atoms with Gasteiger partial charge in [-0.1, -0.05) is 23.7 Å². The topological polar surface area (TPSA) is 37.3 Å². The second-order valence-electron chi connectivity index (χ2n) is 6.34. The molecule has 0 radical (unpaired) electrons. The quantitative estimate of drug-likeness (QED) is 0.706. The third kappa shape index (κ3) is 6.38. The Hall–Kier alpha value is -1.78. The molecule has 0 bridgehead atoms. The number of amides is 1. The van der Waals surface area contributed by atoms with E-state index in [1.54, 1.807) is 0 Å². The molecule has 2 rings (SSSR count). The third-order valence-electron chi connectivity index (χ3n) is 3.97. The molecule has 0 spiro atoms. The molecule has 5 heteroatoms. The fourth-order valence-electron chi connectivity index (χ4n) is 2.69. The molecule has 24 heavy (non-hydrogen) atoms. The van der Waals surface area contributed by atoms with E-state index < -0.39 is 0 Å². The SMILES string of the molecule is CN(C)CCCNC(=O)C[C@H](Cn1cccc1)c1ccc(Cl)cc1. The third-order valence-corrected chi connectivity index (χ3v) is 4.23. The van der Waals surface area contributed by atoms with Gasteiger partial charge in [0.25, 0.3) is 0 Å². The van der Waals surface area contributed by atoms with Crippen LogP contribution >= 0.6 is 11.6 Å². The van der Waals surface area contributed by atoms with E-state index in [2.05, 4.69) is 14.8 Å². The van der Waals surface area contributed by atoms with Crippen molar-refractivity contribution in [2.24, 2.45) is 0 Å². The highest BCUT2D eigenvalue weighted by Crippen LogP contribution is 2.23. The molecular formula is C19H26ClN3O. The summed E-state index contributed by atoms with van der Waals surface area (Å²) in [6.07, 6.45) is 5.49. The number of hydrogen-bond donors (Lipinski definition) is 1. The van der Waals surface area contributed by atoms with Gasteiger partial charge in [0.15, 0.2) is 0 Å². The highest BCUT2D eigenvalue weighted by Gasteiger charge is 2.16. The molecule has 1 amide bonds. The van der Waals surface area contributed by atoms with Gasteiger partial charge in [-0.3, -0.25) is 4.79 Å². The summed E-state index contributed by atoms with van der Waals surface area (Å²) in [5, 5.41) is 3.74. The molecule has 1 N–H and O–H groups in total. The van der Waals surface area contributed by atoms with Gasteiger partial charge in [-0.15, -0.1) is 0 Å². The maximum Gasteiger partial charge on any atom is 0.220 e. The monoisotopic (exact) mass is 347 g/mol. The van der Waals surface area contributed by atoms with Gasteiger partial charge in [0, 0.05) is 42.8 Å². The number of carbonyl (C=O) groups is 1. The normalized spacial score (nSPS) is 12.3. The fraction of sp³-hybridized carbons (Fsp3) is 0.421. The minimum atomic E-state index is 0.0980. The standard InChI is InChI=1S/C19H26ClN3O/c1-22(2)11-5-10-21-19(24)14-17(15-23-12-3-4-13-23)16-6-8-18(20)9-7-16/h3-4,6-9,12-13,17H,5,10-11,14-15H2,1-2H3,(H,21,24)/t17-/m1/s1. The number of hydrogen-bond acceptors (Lipinski definition) is 2. The lowest BCUT2D eigenvalue weighted by Crippen LogP contribution is -2.29. The molecule has 0 fully saturated rings. The zero-order chi connectivity index (χ0) is 17.4. The van der Waals surface area contributed by atoms with Crippen LogP contribution in [0.5, 0.6) is 0 Å². The van der Waals surface area contributed by atoms with Crippen LogP contribution in [0, 0.1) is 0 Å². The van der Waals surface area contributed by atoms with Crippen molar-refractivity contribution in [2.75, 3.05) is 27.2 Å².